The lowest BCUT2D eigenvalue weighted by Crippen LogP contribution is -2.20. The van der Waals surface area contributed by atoms with Crippen molar-refractivity contribution in [3.8, 4) is 11.5 Å². The van der Waals surface area contributed by atoms with Gasteiger partial charge >= 0.3 is 0 Å². The van der Waals surface area contributed by atoms with E-state index in [2.05, 4.69) is 38.4 Å². The van der Waals surface area contributed by atoms with E-state index in [0.29, 0.717) is 4.47 Å². The predicted molar refractivity (Wildman–Crippen MR) is 83.8 cm³/mol. The third-order valence-corrected chi connectivity index (χ3v) is 3.31. The number of hydrogen-bond acceptors (Lipinski definition) is 3. The van der Waals surface area contributed by atoms with Crippen LogP contribution in [0, 0.1) is 11.6 Å². The van der Waals surface area contributed by atoms with Gasteiger partial charge in [0.15, 0.2) is 34.1 Å². The highest BCUT2D eigenvalue weighted by molar-refractivity contribution is 9.10. The fourth-order valence-corrected chi connectivity index (χ4v) is 2.26. The molecular weight excluding hydrogens is 388 g/mol. The van der Waals surface area contributed by atoms with E-state index in [0.717, 1.165) is 12.1 Å². The maximum Gasteiger partial charge on any atom is 0.198 e. The normalized spacial score (nSPS) is 10.3. The van der Waals surface area contributed by atoms with Crippen LogP contribution in [-0.4, -0.2) is 10.1 Å². The molecule has 0 saturated heterocycles. The number of anilines is 1. The third kappa shape index (κ3) is 3.58. The van der Waals surface area contributed by atoms with Gasteiger partial charge in [0.2, 0.25) is 0 Å². The maximum absolute atomic E-state index is 13.6. The predicted octanol–water partition coefficient (Wildman–Crippen LogP) is 4.22. The Kier molecular flexibility index (Phi) is 4.92. The molecule has 1 aromatic heterocycles. The minimum atomic E-state index is -0.862. The molecule has 0 spiro atoms. The number of halogens is 4. The number of rotatable bonds is 3. The highest BCUT2D eigenvalue weighted by Gasteiger charge is 2.18. The van der Waals surface area contributed by atoms with Crippen LogP contribution in [0.25, 0.3) is 0 Å². The summed E-state index contributed by atoms with van der Waals surface area (Å²) in [6.45, 7) is 0. The van der Waals surface area contributed by atoms with E-state index in [4.69, 9.17) is 22.1 Å². The zero-order chi connectivity index (χ0) is 15.6. The van der Waals surface area contributed by atoms with Crippen LogP contribution in [0.5, 0.6) is 11.5 Å². The number of thiocarbonyl (C=S) groups is 1. The van der Waals surface area contributed by atoms with Crippen LogP contribution in [0.1, 0.15) is 0 Å². The first-order valence-electron chi connectivity index (χ1n) is 5.42. The summed E-state index contributed by atoms with van der Waals surface area (Å²) in [6, 6.07) is 3.35. The SMILES string of the molecule is NC(=S)Nc1ncc(Br)c(Oc2c(F)cccc2F)c1Cl. The molecule has 3 N–H and O–H groups in total. The van der Waals surface area contributed by atoms with Gasteiger partial charge in [-0.3, -0.25) is 0 Å². The summed E-state index contributed by atoms with van der Waals surface area (Å²) in [4.78, 5) is 3.94. The molecule has 0 fully saturated rings. The van der Waals surface area contributed by atoms with Crippen molar-refractivity contribution in [3.05, 3.63) is 45.5 Å². The van der Waals surface area contributed by atoms with E-state index < -0.39 is 17.4 Å². The lowest BCUT2D eigenvalue weighted by Gasteiger charge is -2.13. The van der Waals surface area contributed by atoms with Gasteiger partial charge in [-0.15, -0.1) is 0 Å². The van der Waals surface area contributed by atoms with Crippen molar-refractivity contribution in [2.75, 3.05) is 5.32 Å². The molecule has 0 atom stereocenters. The molecule has 110 valence electrons. The van der Waals surface area contributed by atoms with E-state index in [1.54, 1.807) is 0 Å². The van der Waals surface area contributed by atoms with Gasteiger partial charge < -0.3 is 15.8 Å². The summed E-state index contributed by atoms with van der Waals surface area (Å²) >= 11 is 13.9. The van der Waals surface area contributed by atoms with Crippen molar-refractivity contribution in [1.29, 1.82) is 0 Å². The van der Waals surface area contributed by atoms with Crippen LogP contribution >= 0.6 is 39.7 Å². The largest absolute Gasteiger partial charge is 0.448 e. The number of hydrogen-bond donors (Lipinski definition) is 2. The molecule has 0 aliphatic carbocycles. The average molecular weight is 395 g/mol. The summed E-state index contributed by atoms with van der Waals surface area (Å²) in [5, 5.41) is 2.45. The summed E-state index contributed by atoms with van der Waals surface area (Å²) in [5.41, 5.74) is 5.33. The van der Waals surface area contributed by atoms with Crippen LogP contribution in [0.3, 0.4) is 0 Å². The summed E-state index contributed by atoms with van der Waals surface area (Å²) < 4.78 is 32.8. The van der Waals surface area contributed by atoms with E-state index in [1.165, 1.54) is 12.3 Å². The number of benzene rings is 1. The molecular formula is C12H7BrClF2N3OS. The van der Waals surface area contributed by atoms with Gasteiger partial charge in [0.25, 0.3) is 0 Å². The second-order valence-electron chi connectivity index (χ2n) is 3.74. The molecule has 0 radical (unpaired) electrons. The van der Waals surface area contributed by atoms with Gasteiger partial charge in [-0.2, -0.15) is 0 Å². The molecule has 0 aliphatic rings. The Morgan fingerprint density at radius 1 is 1.33 bits per heavy atom. The number of aromatic nitrogens is 1. The highest BCUT2D eigenvalue weighted by atomic mass is 79.9. The van der Waals surface area contributed by atoms with Crippen molar-refractivity contribution in [3.63, 3.8) is 0 Å². The van der Waals surface area contributed by atoms with Gasteiger partial charge in [-0.1, -0.05) is 17.7 Å². The topological polar surface area (TPSA) is 60.2 Å². The van der Waals surface area contributed by atoms with Gasteiger partial charge in [0, 0.05) is 6.20 Å². The van der Waals surface area contributed by atoms with Gasteiger partial charge in [-0.25, -0.2) is 13.8 Å². The zero-order valence-corrected chi connectivity index (χ0v) is 13.3. The second-order valence-corrected chi connectivity index (χ2v) is 5.41. The molecule has 9 heteroatoms. The number of nitrogens with zero attached hydrogens (tertiary/aromatic N) is 1. The highest BCUT2D eigenvalue weighted by Crippen LogP contribution is 2.40. The van der Waals surface area contributed by atoms with Crippen molar-refractivity contribution in [2.24, 2.45) is 5.73 Å². The third-order valence-electron chi connectivity index (χ3n) is 2.30. The Bertz CT molecular complexity index is 697. The molecule has 0 bridgehead atoms. The van der Waals surface area contributed by atoms with E-state index in [1.807, 2.05) is 0 Å². The van der Waals surface area contributed by atoms with E-state index >= 15 is 0 Å². The number of ether oxygens (including phenoxy) is 1. The second kappa shape index (κ2) is 6.50. The zero-order valence-electron chi connectivity index (χ0n) is 10.2. The Balaban J connectivity index is 2.46. The summed E-state index contributed by atoms with van der Waals surface area (Å²) in [7, 11) is 0. The summed E-state index contributed by atoms with van der Waals surface area (Å²) in [5.74, 6) is -2.21. The Morgan fingerprint density at radius 3 is 2.52 bits per heavy atom. The monoisotopic (exact) mass is 393 g/mol. The molecule has 2 rings (SSSR count). The lowest BCUT2D eigenvalue weighted by atomic mass is 10.3. The standard InChI is InChI=1S/C12H7BrClF2N3OS/c13-5-4-18-11(19-12(17)21)8(14)9(5)20-10-6(15)2-1-3-7(10)16/h1-4H,(H3,17,18,19,21). The fourth-order valence-electron chi connectivity index (χ4n) is 1.43. The first-order valence-corrected chi connectivity index (χ1v) is 7.00. The summed E-state index contributed by atoms with van der Waals surface area (Å²) in [6.07, 6.45) is 1.33. The molecule has 21 heavy (non-hydrogen) atoms. The number of nitrogens with two attached hydrogens (primary N) is 1. The molecule has 0 aliphatic heterocycles. The van der Waals surface area contributed by atoms with Crippen molar-refractivity contribution in [2.45, 2.75) is 0 Å². The van der Waals surface area contributed by atoms with Gasteiger partial charge in [0.05, 0.1) is 4.47 Å². The molecule has 2 aromatic rings. The van der Waals surface area contributed by atoms with Crippen molar-refractivity contribution < 1.29 is 13.5 Å². The van der Waals surface area contributed by atoms with Crippen molar-refractivity contribution in [1.82, 2.24) is 4.98 Å². The Labute approximate surface area is 137 Å². The quantitative estimate of drug-likeness (QED) is 0.763. The van der Waals surface area contributed by atoms with Crippen molar-refractivity contribution >= 4 is 50.7 Å². The van der Waals surface area contributed by atoms with Gasteiger partial charge in [0.1, 0.15) is 5.02 Å². The smallest absolute Gasteiger partial charge is 0.198 e. The minimum absolute atomic E-state index is 0.0191. The average Bonchev–Trinajstić information content (AvgIpc) is 2.40. The van der Waals surface area contributed by atoms with E-state index in [9.17, 15) is 8.78 Å². The van der Waals surface area contributed by atoms with Crippen LogP contribution < -0.4 is 15.8 Å². The lowest BCUT2D eigenvalue weighted by molar-refractivity contribution is 0.405. The molecule has 0 amide bonds. The van der Waals surface area contributed by atoms with Crippen LogP contribution in [-0.2, 0) is 0 Å². The number of pyridine rings is 1. The number of para-hydroxylation sites is 1. The van der Waals surface area contributed by atoms with Gasteiger partial charge in [-0.05, 0) is 40.3 Å². The van der Waals surface area contributed by atoms with Crippen LogP contribution in [0.2, 0.25) is 5.02 Å². The molecule has 0 unspecified atom stereocenters. The van der Waals surface area contributed by atoms with Crippen LogP contribution in [0.4, 0.5) is 14.6 Å². The van der Waals surface area contributed by atoms with Crippen LogP contribution in [0.15, 0.2) is 28.9 Å². The Morgan fingerprint density at radius 2 is 1.95 bits per heavy atom. The minimum Gasteiger partial charge on any atom is -0.448 e. The Hall–Kier alpha value is -1.51. The number of nitrogens with one attached hydrogen (secondary N) is 1. The fraction of sp³-hybridized carbons (Fsp3) is 0. The molecule has 0 saturated carbocycles. The molecule has 1 heterocycles. The molecule has 4 nitrogen and oxygen atoms in total. The molecule has 1 aromatic carbocycles. The first-order chi connectivity index (χ1) is 9.90. The first kappa shape index (κ1) is 15.9. The van der Waals surface area contributed by atoms with E-state index in [-0.39, 0.29) is 21.7 Å². The maximum atomic E-state index is 13.6.